The third-order valence-electron chi connectivity index (χ3n) is 4.57. The first-order valence-electron chi connectivity index (χ1n) is 8.89. The minimum Gasteiger partial charge on any atom is -0.508 e. The molecular weight excluding hydrogens is 346 g/mol. The number of phenols is 1. The molecule has 0 spiro atoms. The van der Waals surface area contributed by atoms with Gasteiger partial charge in [0.05, 0.1) is 10.5 Å². The molecule has 136 valence electrons. The molecule has 1 heterocycles. The molecule has 0 radical (unpaired) electrons. The summed E-state index contributed by atoms with van der Waals surface area (Å²) in [7, 11) is 0. The number of rotatable bonds is 6. The molecule has 3 rings (SSSR count). The Balaban J connectivity index is 1.97. The average molecular weight is 370 g/mol. The van der Waals surface area contributed by atoms with Crippen LogP contribution in [0.5, 0.6) is 5.75 Å². The second-order valence-electron chi connectivity index (χ2n) is 6.38. The lowest BCUT2D eigenvalue weighted by Crippen LogP contribution is -2.22. The molecule has 0 saturated carbocycles. The fraction of sp³-hybridized carbons (Fsp3) is 0.286. The first-order chi connectivity index (χ1) is 12.5. The molecule has 0 aliphatic rings. The Morgan fingerprint density at radius 2 is 1.88 bits per heavy atom. The Kier molecular flexibility index (Phi) is 5.64. The van der Waals surface area contributed by atoms with Crippen LogP contribution in [0.3, 0.4) is 0 Å². The maximum Gasteiger partial charge on any atom is 0.120 e. The number of halogens is 1. The minimum atomic E-state index is 0.321. The van der Waals surface area contributed by atoms with Gasteiger partial charge >= 0.3 is 0 Å². The van der Waals surface area contributed by atoms with Crippen LogP contribution in [0.2, 0.25) is 5.02 Å². The summed E-state index contributed by atoms with van der Waals surface area (Å²) in [6.45, 7) is 8.81. The van der Waals surface area contributed by atoms with Crippen molar-refractivity contribution in [3.8, 4) is 5.75 Å². The van der Waals surface area contributed by atoms with Gasteiger partial charge in [0.2, 0.25) is 0 Å². The average Bonchev–Trinajstić information content (AvgIpc) is 2.63. The summed E-state index contributed by atoms with van der Waals surface area (Å²) in [4.78, 5) is 6.82. The highest BCUT2D eigenvalue weighted by Crippen LogP contribution is 2.32. The fourth-order valence-electron chi connectivity index (χ4n) is 3.08. The molecule has 1 aromatic heterocycles. The van der Waals surface area contributed by atoms with Crippen molar-refractivity contribution in [3.63, 3.8) is 0 Å². The third kappa shape index (κ3) is 3.92. The van der Waals surface area contributed by atoms with Crippen molar-refractivity contribution >= 4 is 33.9 Å². The van der Waals surface area contributed by atoms with Crippen LogP contribution in [-0.2, 0) is 6.54 Å². The van der Waals surface area contributed by atoms with Crippen molar-refractivity contribution < 1.29 is 5.11 Å². The number of aromatic nitrogens is 1. The predicted octanol–water partition coefficient (Wildman–Crippen LogP) is 5.49. The Hall–Kier alpha value is -2.30. The Labute approximate surface area is 159 Å². The lowest BCUT2D eigenvalue weighted by molar-refractivity contribution is 0.291. The van der Waals surface area contributed by atoms with Gasteiger partial charge in [-0.25, -0.2) is 0 Å². The first kappa shape index (κ1) is 18.5. The molecule has 2 aromatic carbocycles. The first-order valence-corrected chi connectivity index (χ1v) is 9.26. The van der Waals surface area contributed by atoms with E-state index in [2.05, 4.69) is 29.0 Å². The molecule has 0 unspecified atom stereocenters. The van der Waals surface area contributed by atoms with Crippen molar-refractivity contribution in [1.82, 2.24) is 9.88 Å². The maximum atomic E-state index is 10.2. The lowest BCUT2D eigenvalue weighted by Gasteiger charge is -2.19. The fourth-order valence-corrected chi connectivity index (χ4v) is 3.30. The van der Waals surface area contributed by atoms with Gasteiger partial charge in [0.25, 0.3) is 0 Å². The number of hydrogen-bond acceptors (Lipinski definition) is 4. The largest absolute Gasteiger partial charge is 0.508 e. The van der Waals surface area contributed by atoms with Crippen molar-refractivity contribution in [2.24, 2.45) is 0 Å². The summed E-state index contributed by atoms with van der Waals surface area (Å²) in [5, 5.41) is 15.3. The number of pyridine rings is 1. The van der Waals surface area contributed by atoms with E-state index < -0.39 is 0 Å². The number of aromatic hydroxyl groups is 1. The molecular formula is C21H24ClN3O. The van der Waals surface area contributed by atoms with Crippen molar-refractivity contribution in [1.29, 1.82) is 0 Å². The SMILES string of the molecule is CCN(CC)Cc1cc(Nc2cc(C)nc3c(Cl)cccc23)ccc1O. The van der Waals surface area contributed by atoms with E-state index >= 15 is 0 Å². The smallest absolute Gasteiger partial charge is 0.120 e. The molecule has 0 aliphatic carbocycles. The number of hydrogen-bond donors (Lipinski definition) is 2. The van der Waals surface area contributed by atoms with Gasteiger partial charge in [-0.3, -0.25) is 9.88 Å². The molecule has 3 aromatic rings. The Morgan fingerprint density at radius 3 is 2.62 bits per heavy atom. The summed E-state index contributed by atoms with van der Waals surface area (Å²) >= 11 is 6.31. The van der Waals surface area contributed by atoms with E-state index in [1.165, 1.54) is 0 Å². The van der Waals surface area contributed by atoms with Crippen LogP contribution < -0.4 is 5.32 Å². The highest BCUT2D eigenvalue weighted by Gasteiger charge is 2.10. The number of anilines is 2. The summed E-state index contributed by atoms with van der Waals surface area (Å²) in [5.74, 6) is 0.321. The number of nitrogens with zero attached hydrogens (tertiary/aromatic N) is 2. The van der Waals surface area contributed by atoms with E-state index in [1.54, 1.807) is 6.07 Å². The van der Waals surface area contributed by atoms with Gasteiger partial charge < -0.3 is 10.4 Å². The monoisotopic (exact) mass is 369 g/mol. The maximum absolute atomic E-state index is 10.2. The summed E-state index contributed by atoms with van der Waals surface area (Å²) in [6, 6.07) is 13.4. The number of benzene rings is 2. The number of nitrogens with one attached hydrogen (secondary N) is 1. The molecule has 0 bridgehead atoms. The summed E-state index contributed by atoms with van der Waals surface area (Å²) in [5.41, 5.74) is 4.48. The van der Waals surface area contributed by atoms with Crippen molar-refractivity contribution in [2.45, 2.75) is 27.3 Å². The number of fused-ring (bicyclic) bond motifs is 1. The van der Waals surface area contributed by atoms with Crippen molar-refractivity contribution in [2.75, 3.05) is 18.4 Å². The molecule has 0 saturated heterocycles. The van der Waals surface area contributed by atoms with E-state index in [9.17, 15) is 5.11 Å². The molecule has 0 fully saturated rings. The van der Waals surface area contributed by atoms with Crippen LogP contribution in [0.1, 0.15) is 25.1 Å². The molecule has 26 heavy (non-hydrogen) atoms. The predicted molar refractivity (Wildman–Crippen MR) is 110 cm³/mol. The highest BCUT2D eigenvalue weighted by atomic mass is 35.5. The summed E-state index contributed by atoms with van der Waals surface area (Å²) < 4.78 is 0. The molecule has 5 heteroatoms. The molecule has 0 aliphatic heterocycles. The van der Waals surface area contributed by atoms with Gasteiger partial charge in [0.1, 0.15) is 5.75 Å². The standard InChI is InChI=1S/C21H24ClN3O/c1-4-25(5-2)13-15-12-16(9-10-20(15)26)24-19-11-14(3)23-21-17(19)7-6-8-18(21)22/h6-12,26H,4-5,13H2,1-3H3,(H,23,24). The van der Waals surface area contributed by atoms with Gasteiger partial charge in [0, 0.05) is 34.6 Å². The van der Waals surface area contributed by atoms with Crippen LogP contribution in [0.25, 0.3) is 10.9 Å². The van der Waals surface area contributed by atoms with Crippen LogP contribution in [0.4, 0.5) is 11.4 Å². The van der Waals surface area contributed by atoms with Gasteiger partial charge in [-0.1, -0.05) is 37.6 Å². The zero-order valence-electron chi connectivity index (χ0n) is 15.4. The Morgan fingerprint density at radius 1 is 1.12 bits per heavy atom. The zero-order chi connectivity index (χ0) is 18.7. The zero-order valence-corrected chi connectivity index (χ0v) is 16.1. The number of para-hydroxylation sites is 1. The quantitative estimate of drug-likeness (QED) is 0.564. The second-order valence-corrected chi connectivity index (χ2v) is 6.78. The summed E-state index contributed by atoms with van der Waals surface area (Å²) in [6.07, 6.45) is 0. The topological polar surface area (TPSA) is 48.4 Å². The van der Waals surface area contributed by atoms with Gasteiger partial charge in [-0.2, -0.15) is 0 Å². The second kappa shape index (κ2) is 7.94. The normalized spacial score (nSPS) is 11.3. The molecule has 0 amide bonds. The number of phenolic OH excluding ortho intramolecular Hbond substituents is 1. The number of aryl methyl sites for hydroxylation is 1. The van der Waals surface area contributed by atoms with E-state index in [4.69, 9.17) is 11.6 Å². The van der Waals surface area contributed by atoms with Crippen molar-refractivity contribution in [3.05, 3.63) is 58.7 Å². The van der Waals surface area contributed by atoms with Gasteiger partial charge in [0.15, 0.2) is 0 Å². The van der Waals surface area contributed by atoms with E-state index in [1.807, 2.05) is 43.3 Å². The van der Waals surface area contributed by atoms with E-state index in [0.29, 0.717) is 10.8 Å². The van der Waals surface area contributed by atoms with E-state index in [0.717, 1.165) is 53.2 Å². The van der Waals surface area contributed by atoms with Crippen LogP contribution in [0, 0.1) is 6.92 Å². The Bertz CT molecular complexity index is 923. The van der Waals surface area contributed by atoms with E-state index in [-0.39, 0.29) is 0 Å². The molecule has 4 nitrogen and oxygen atoms in total. The third-order valence-corrected chi connectivity index (χ3v) is 4.87. The van der Waals surface area contributed by atoms with Gasteiger partial charge in [-0.15, -0.1) is 0 Å². The molecule has 2 N–H and O–H groups in total. The van der Waals surface area contributed by atoms with Gasteiger partial charge in [-0.05, 0) is 50.3 Å². The molecule has 0 atom stereocenters. The highest BCUT2D eigenvalue weighted by molar-refractivity contribution is 6.35. The minimum absolute atomic E-state index is 0.321. The van der Waals surface area contributed by atoms with Crippen LogP contribution >= 0.6 is 11.6 Å². The lowest BCUT2D eigenvalue weighted by atomic mass is 10.1. The van der Waals surface area contributed by atoms with Crippen LogP contribution in [-0.4, -0.2) is 28.1 Å². The van der Waals surface area contributed by atoms with Crippen LogP contribution in [0.15, 0.2) is 42.5 Å².